The zero-order valence-electron chi connectivity index (χ0n) is 16.8. The third kappa shape index (κ3) is 3.76. The maximum absolute atomic E-state index is 12.6. The Morgan fingerprint density at radius 2 is 1.69 bits per heavy atom. The maximum Gasteiger partial charge on any atom is 0.225 e. The van der Waals surface area contributed by atoms with Gasteiger partial charge in [0.2, 0.25) is 5.91 Å². The van der Waals surface area contributed by atoms with E-state index in [2.05, 4.69) is 26.9 Å². The van der Waals surface area contributed by atoms with Crippen molar-refractivity contribution in [1.29, 1.82) is 0 Å². The molecule has 2 saturated heterocycles. The molecule has 1 aromatic heterocycles. The Bertz CT molecular complexity index is 817. The van der Waals surface area contributed by atoms with Gasteiger partial charge in [-0.2, -0.15) is 0 Å². The van der Waals surface area contributed by atoms with Crippen LogP contribution in [0.25, 0.3) is 0 Å². The number of aromatic nitrogens is 1. The summed E-state index contributed by atoms with van der Waals surface area (Å²) >= 11 is 0. The molecule has 3 fully saturated rings. The van der Waals surface area contributed by atoms with E-state index in [1.807, 2.05) is 42.7 Å². The van der Waals surface area contributed by atoms with E-state index >= 15 is 0 Å². The number of benzene rings is 1. The Kier molecular flexibility index (Phi) is 5.23. The van der Waals surface area contributed by atoms with E-state index in [9.17, 15) is 4.79 Å². The van der Waals surface area contributed by atoms with Crippen LogP contribution >= 0.6 is 0 Å². The van der Waals surface area contributed by atoms with Crippen LogP contribution in [0.1, 0.15) is 43.7 Å². The van der Waals surface area contributed by atoms with E-state index < -0.39 is 0 Å². The first-order chi connectivity index (χ1) is 14.3. The van der Waals surface area contributed by atoms with Crippen molar-refractivity contribution < 1.29 is 9.53 Å². The number of carbonyl (C=O) groups excluding carboxylic acids is 1. The van der Waals surface area contributed by atoms with E-state index in [0.29, 0.717) is 17.9 Å². The first kappa shape index (κ1) is 18.6. The third-order valence-electron chi connectivity index (χ3n) is 6.88. The van der Waals surface area contributed by atoms with Gasteiger partial charge in [-0.3, -0.25) is 14.7 Å². The van der Waals surface area contributed by atoms with Crippen LogP contribution in [0, 0.1) is 5.92 Å². The Labute approximate surface area is 172 Å². The summed E-state index contributed by atoms with van der Waals surface area (Å²) in [5.74, 6) is 1.63. The fraction of sp³-hybridized carbons (Fsp3) is 0.500. The quantitative estimate of drug-likeness (QED) is 0.780. The van der Waals surface area contributed by atoms with Gasteiger partial charge < -0.3 is 9.64 Å². The molecule has 0 bridgehead atoms. The van der Waals surface area contributed by atoms with Gasteiger partial charge in [-0.05, 0) is 55.5 Å². The molecule has 1 aliphatic carbocycles. The smallest absolute Gasteiger partial charge is 0.225 e. The Morgan fingerprint density at radius 3 is 2.34 bits per heavy atom. The molecule has 1 amide bonds. The Morgan fingerprint density at radius 1 is 0.966 bits per heavy atom. The number of hydrogen-bond donors (Lipinski definition) is 0. The van der Waals surface area contributed by atoms with Crippen molar-refractivity contribution >= 4 is 5.91 Å². The van der Waals surface area contributed by atoms with Gasteiger partial charge in [0.1, 0.15) is 11.9 Å². The van der Waals surface area contributed by atoms with Crippen molar-refractivity contribution in [3.63, 3.8) is 0 Å². The fourth-order valence-electron chi connectivity index (χ4n) is 4.95. The predicted molar refractivity (Wildman–Crippen MR) is 111 cm³/mol. The lowest BCUT2D eigenvalue weighted by atomic mass is 9.83. The number of amides is 1. The van der Waals surface area contributed by atoms with Gasteiger partial charge >= 0.3 is 0 Å². The van der Waals surface area contributed by atoms with Crippen molar-refractivity contribution in [2.24, 2.45) is 5.92 Å². The van der Waals surface area contributed by atoms with E-state index in [1.165, 1.54) is 12.0 Å². The highest BCUT2D eigenvalue weighted by molar-refractivity contribution is 5.79. The van der Waals surface area contributed by atoms with Crippen LogP contribution in [-0.2, 0) is 4.79 Å². The van der Waals surface area contributed by atoms with Crippen molar-refractivity contribution in [1.82, 2.24) is 14.8 Å². The molecule has 5 nitrogen and oxygen atoms in total. The molecule has 0 unspecified atom stereocenters. The normalized spacial score (nSPS) is 25.9. The predicted octanol–water partition coefficient (Wildman–Crippen LogP) is 3.68. The highest BCUT2D eigenvalue weighted by atomic mass is 16.5. The molecule has 29 heavy (non-hydrogen) atoms. The summed E-state index contributed by atoms with van der Waals surface area (Å²) in [7, 11) is 0. The lowest BCUT2D eigenvalue weighted by Gasteiger charge is -2.53. The number of hydrogen-bond acceptors (Lipinski definition) is 4. The summed E-state index contributed by atoms with van der Waals surface area (Å²) in [6, 6.07) is 15.1. The molecule has 3 heterocycles. The molecular weight excluding hydrogens is 362 g/mol. The molecule has 1 aromatic carbocycles. The van der Waals surface area contributed by atoms with Crippen LogP contribution in [0.4, 0.5) is 0 Å². The van der Waals surface area contributed by atoms with Gasteiger partial charge in [-0.1, -0.05) is 24.6 Å². The summed E-state index contributed by atoms with van der Waals surface area (Å²) < 4.78 is 6.32. The third-order valence-corrected chi connectivity index (χ3v) is 6.88. The van der Waals surface area contributed by atoms with E-state index in [-0.39, 0.29) is 12.1 Å². The number of piperidine rings is 1. The van der Waals surface area contributed by atoms with Crippen LogP contribution in [0.5, 0.6) is 5.75 Å². The summed E-state index contributed by atoms with van der Waals surface area (Å²) in [4.78, 5) is 21.4. The van der Waals surface area contributed by atoms with Crippen molar-refractivity contribution in [2.45, 2.75) is 50.3 Å². The average molecular weight is 392 g/mol. The molecular formula is C24H29N3O2. The second kappa shape index (κ2) is 8.15. The molecule has 0 radical (unpaired) electrons. The minimum atomic E-state index is 0.148. The Balaban J connectivity index is 1.25. The highest BCUT2D eigenvalue weighted by Gasteiger charge is 2.46. The number of rotatable bonds is 5. The van der Waals surface area contributed by atoms with Crippen LogP contribution in [0.2, 0.25) is 0 Å². The topological polar surface area (TPSA) is 45.7 Å². The summed E-state index contributed by atoms with van der Waals surface area (Å²) in [6.07, 6.45) is 9.39. The molecule has 2 aliphatic heterocycles. The van der Waals surface area contributed by atoms with Crippen LogP contribution in [0.15, 0.2) is 54.9 Å². The molecule has 152 valence electrons. The number of pyridine rings is 1. The Hall–Kier alpha value is -2.40. The highest BCUT2D eigenvalue weighted by Crippen LogP contribution is 2.40. The van der Waals surface area contributed by atoms with Crippen LogP contribution in [0.3, 0.4) is 0 Å². The lowest BCUT2D eigenvalue weighted by molar-refractivity contribution is -0.141. The van der Waals surface area contributed by atoms with Crippen molar-refractivity contribution in [3.05, 3.63) is 60.4 Å². The zero-order chi connectivity index (χ0) is 19.6. The monoisotopic (exact) mass is 391 g/mol. The minimum absolute atomic E-state index is 0.148. The molecule has 3 aliphatic rings. The summed E-state index contributed by atoms with van der Waals surface area (Å²) in [6.45, 7) is 2.72. The molecule has 2 aromatic rings. The van der Waals surface area contributed by atoms with Gasteiger partial charge in [0, 0.05) is 44.0 Å². The number of ether oxygens (including phenoxy) is 1. The van der Waals surface area contributed by atoms with Crippen LogP contribution in [-0.4, -0.2) is 52.5 Å². The van der Waals surface area contributed by atoms with E-state index in [4.69, 9.17) is 4.74 Å². The molecule has 1 saturated carbocycles. The van der Waals surface area contributed by atoms with E-state index in [1.54, 1.807) is 0 Å². The lowest BCUT2D eigenvalue weighted by Crippen LogP contribution is -2.62. The number of likely N-dealkylation sites (tertiary alicyclic amines) is 2. The van der Waals surface area contributed by atoms with Gasteiger partial charge in [-0.25, -0.2) is 0 Å². The molecule has 2 atom stereocenters. The maximum atomic E-state index is 12.6. The molecule has 0 N–H and O–H groups in total. The van der Waals surface area contributed by atoms with Crippen molar-refractivity contribution in [2.75, 3.05) is 19.6 Å². The van der Waals surface area contributed by atoms with Gasteiger partial charge in [0.25, 0.3) is 0 Å². The zero-order valence-corrected chi connectivity index (χ0v) is 16.8. The number of para-hydroxylation sites is 1. The van der Waals surface area contributed by atoms with Gasteiger partial charge in [0.05, 0.1) is 6.04 Å². The largest absolute Gasteiger partial charge is 0.487 e. The molecule has 5 rings (SSSR count). The molecule has 5 heteroatoms. The van der Waals surface area contributed by atoms with E-state index in [0.717, 1.165) is 51.1 Å². The standard InChI is InChI=1S/C24H29N3O2/c28-24(19-5-4-6-19)26-15-11-20(12-16-26)27-17-22(29-21-7-2-1-3-8-21)23(27)18-9-13-25-14-10-18/h1-3,7-10,13-14,19-20,22-23H,4-6,11-12,15-17H2/t22-,23-/m0/s1. The van der Waals surface area contributed by atoms with Crippen molar-refractivity contribution in [3.8, 4) is 5.75 Å². The molecule has 0 spiro atoms. The number of nitrogens with zero attached hydrogens (tertiary/aromatic N) is 3. The fourth-order valence-corrected chi connectivity index (χ4v) is 4.95. The second-order valence-corrected chi connectivity index (χ2v) is 8.58. The van der Waals surface area contributed by atoms with Gasteiger partial charge in [-0.15, -0.1) is 0 Å². The number of carbonyl (C=O) groups is 1. The first-order valence-corrected chi connectivity index (χ1v) is 11.0. The van der Waals surface area contributed by atoms with Gasteiger partial charge in [0.15, 0.2) is 0 Å². The average Bonchev–Trinajstić information content (AvgIpc) is 2.71. The SMILES string of the molecule is O=C(C1CCC1)N1CCC(N2C[C@H](Oc3ccccc3)[C@@H]2c2ccncc2)CC1. The second-order valence-electron chi connectivity index (χ2n) is 8.58. The summed E-state index contributed by atoms with van der Waals surface area (Å²) in [5, 5.41) is 0. The summed E-state index contributed by atoms with van der Waals surface area (Å²) in [5.41, 5.74) is 1.26. The first-order valence-electron chi connectivity index (χ1n) is 11.0. The minimum Gasteiger partial charge on any atom is -0.487 e. The van der Waals surface area contributed by atoms with Crippen LogP contribution < -0.4 is 4.74 Å².